The molecule has 1 saturated carbocycles. The second-order valence-electron chi connectivity index (χ2n) is 6.61. The van der Waals surface area contributed by atoms with Gasteiger partial charge in [-0.3, -0.25) is 4.79 Å². The predicted molar refractivity (Wildman–Crippen MR) is 100 cm³/mol. The zero-order valence-electron chi connectivity index (χ0n) is 15.3. The van der Waals surface area contributed by atoms with Gasteiger partial charge in [0, 0.05) is 7.05 Å². The fourth-order valence-electron chi connectivity index (χ4n) is 3.03. The number of rotatable bonds is 8. The first-order chi connectivity index (χ1) is 12.6. The fraction of sp³-hybridized carbons (Fsp3) is 0.556. The molecule has 26 heavy (non-hydrogen) atoms. The normalized spacial score (nSPS) is 14.5. The van der Waals surface area contributed by atoms with Crippen LogP contribution in [0.3, 0.4) is 0 Å². The molecule has 3 rings (SSSR count). The Bertz CT molecular complexity index is 730. The van der Waals surface area contributed by atoms with Crippen LogP contribution in [0.1, 0.15) is 37.3 Å². The minimum absolute atomic E-state index is 0.0452. The number of hydrogen-bond acceptors (Lipinski definition) is 6. The number of amides is 1. The van der Waals surface area contributed by atoms with Crippen molar-refractivity contribution in [3.05, 3.63) is 29.8 Å². The standard InChI is InChI=1S/C18H25N5O2S/c1-14-6-5-9-16(12-14)25-11-10-22(2)17(24)13-26-18-19-20-21-23(18)15-7-3-4-8-15/h5-6,9,12,15H,3-4,7-8,10-11,13H2,1-2H3. The van der Waals surface area contributed by atoms with Crippen molar-refractivity contribution in [2.24, 2.45) is 0 Å². The van der Waals surface area contributed by atoms with Crippen molar-refractivity contribution in [1.29, 1.82) is 0 Å². The maximum Gasteiger partial charge on any atom is 0.232 e. The van der Waals surface area contributed by atoms with E-state index in [-0.39, 0.29) is 5.91 Å². The molecule has 2 aromatic rings. The average Bonchev–Trinajstić information content (AvgIpc) is 3.30. The zero-order valence-corrected chi connectivity index (χ0v) is 16.1. The van der Waals surface area contributed by atoms with Gasteiger partial charge in [0.1, 0.15) is 12.4 Å². The smallest absolute Gasteiger partial charge is 0.232 e. The number of tetrazole rings is 1. The van der Waals surface area contributed by atoms with Crippen molar-refractivity contribution in [3.8, 4) is 5.75 Å². The summed E-state index contributed by atoms with van der Waals surface area (Å²) in [6.45, 7) is 3.04. The Morgan fingerprint density at radius 3 is 2.96 bits per heavy atom. The number of thioether (sulfide) groups is 1. The van der Waals surface area contributed by atoms with E-state index in [1.807, 2.05) is 35.9 Å². The Balaban J connectivity index is 1.42. The lowest BCUT2D eigenvalue weighted by atomic mass is 10.2. The number of hydrogen-bond donors (Lipinski definition) is 0. The molecule has 140 valence electrons. The Kier molecular flexibility index (Phi) is 6.49. The molecule has 1 aliphatic carbocycles. The summed E-state index contributed by atoms with van der Waals surface area (Å²) in [7, 11) is 1.79. The average molecular weight is 375 g/mol. The Labute approximate surface area is 158 Å². The number of carbonyl (C=O) groups excluding carboxylic acids is 1. The van der Waals surface area contributed by atoms with Gasteiger partial charge in [-0.1, -0.05) is 36.7 Å². The van der Waals surface area contributed by atoms with Crippen LogP contribution in [-0.2, 0) is 4.79 Å². The number of ether oxygens (including phenoxy) is 1. The van der Waals surface area contributed by atoms with E-state index >= 15 is 0 Å². The second kappa shape index (κ2) is 9.02. The van der Waals surface area contributed by atoms with Crippen LogP contribution in [0.25, 0.3) is 0 Å². The third-order valence-electron chi connectivity index (χ3n) is 4.57. The number of benzene rings is 1. The molecule has 0 N–H and O–H groups in total. The Morgan fingerprint density at radius 1 is 1.38 bits per heavy atom. The molecule has 0 spiro atoms. The molecule has 0 bridgehead atoms. The maximum atomic E-state index is 12.3. The first-order valence-corrected chi connectivity index (χ1v) is 9.96. The van der Waals surface area contributed by atoms with E-state index in [4.69, 9.17) is 4.74 Å². The minimum Gasteiger partial charge on any atom is -0.492 e. The van der Waals surface area contributed by atoms with E-state index < -0.39 is 0 Å². The predicted octanol–water partition coefficient (Wildman–Crippen LogP) is 2.73. The van der Waals surface area contributed by atoms with Crippen molar-refractivity contribution in [3.63, 3.8) is 0 Å². The molecule has 0 radical (unpaired) electrons. The van der Waals surface area contributed by atoms with Gasteiger partial charge in [-0.05, 0) is 47.9 Å². The van der Waals surface area contributed by atoms with Gasteiger partial charge in [-0.15, -0.1) is 5.10 Å². The third kappa shape index (κ3) is 4.97. The summed E-state index contributed by atoms with van der Waals surface area (Å²) in [5.74, 6) is 1.20. The van der Waals surface area contributed by atoms with Crippen LogP contribution in [-0.4, -0.2) is 57.0 Å². The molecule has 0 unspecified atom stereocenters. The zero-order chi connectivity index (χ0) is 18.4. The van der Waals surface area contributed by atoms with Crippen LogP contribution in [0, 0.1) is 6.92 Å². The lowest BCUT2D eigenvalue weighted by Crippen LogP contribution is -2.32. The highest BCUT2D eigenvalue weighted by Crippen LogP contribution is 2.31. The Morgan fingerprint density at radius 2 is 2.19 bits per heavy atom. The van der Waals surface area contributed by atoms with E-state index in [0.717, 1.165) is 29.3 Å². The van der Waals surface area contributed by atoms with Crippen molar-refractivity contribution < 1.29 is 9.53 Å². The van der Waals surface area contributed by atoms with E-state index in [9.17, 15) is 4.79 Å². The lowest BCUT2D eigenvalue weighted by Gasteiger charge is -2.17. The number of aromatic nitrogens is 4. The van der Waals surface area contributed by atoms with Gasteiger partial charge < -0.3 is 9.64 Å². The third-order valence-corrected chi connectivity index (χ3v) is 5.49. The summed E-state index contributed by atoms with van der Waals surface area (Å²) in [6.07, 6.45) is 4.67. The van der Waals surface area contributed by atoms with Crippen LogP contribution in [0.15, 0.2) is 29.4 Å². The van der Waals surface area contributed by atoms with Crippen molar-refractivity contribution in [2.75, 3.05) is 26.0 Å². The summed E-state index contributed by atoms with van der Waals surface area (Å²) in [5, 5.41) is 12.7. The molecular formula is C18H25N5O2S. The Hall–Kier alpha value is -2.09. The first-order valence-electron chi connectivity index (χ1n) is 8.97. The monoisotopic (exact) mass is 375 g/mol. The minimum atomic E-state index is 0.0452. The van der Waals surface area contributed by atoms with Gasteiger partial charge in [-0.2, -0.15) is 0 Å². The van der Waals surface area contributed by atoms with Crippen LogP contribution >= 0.6 is 11.8 Å². The summed E-state index contributed by atoms with van der Waals surface area (Å²) in [5.41, 5.74) is 1.16. The highest BCUT2D eigenvalue weighted by Gasteiger charge is 2.22. The summed E-state index contributed by atoms with van der Waals surface area (Å²) in [4.78, 5) is 14.0. The topological polar surface area (TPSA) is 73.1 Å². The van der Waals surface area contributed by atoms with Crippen LogP contribution in [0.5, 0.6) is 5.75 Å². The summed E-state index contributed by atoms with van der Waals surface area (Å²) in [6, 6.07) is 8.28. The van der Waals surface area contributed by atoms with E-state index in [0.29, 0.717) is 24.9 Å². The van der Waals surface area contributed by atoms with Crippen molar-refractivity contribution in [1.82, 2.24) is 25.1 Å². The fourth-order valence-corrected chi connectivity index (χ4v) is 3.91. The van der Waals surface area contributed by atoms with Gasteiger partial charge in [0.25, 0.3) is 0 Å². The second-order valence-corrected chi connectivity index (χ2v) is 7.56. The summed E-state index contributed by atoms with van der Waals surface area (Å²) >= 11 is 1.40. The lowest BCUT2D eigenvalue weighted by molar-refractivity contribution is -0.127. The molecule has 8 heteroatoms. The van der Waals surface area contributed by atoms with Crippen LogP contribution < -0.4 is 4.74 Å². The van der Waals surface area contributed by atoms with E-state index in [1.165, 1.54) is 24.6 Å². The summed E-state index contributed by atoms with van der Waals surface area (Å²) < 4.78 is 7.59. The van der Waals surface area contributed by atoms with Crippen LogP contribution in [0.4, 0.5) is 0 Å². The number of carbonyl (C=O) groups is 1. The molecule has 1 amide bonds. The van der Waals surface area contributed by atoms with Crippen molar-refractivity contribution >= 4 is 17.7 Å². The van der Waals surface area contributed by atoms with Gasteiger partial charge in [0.2, 0.25) is 11.1 Å². The highest BCUT2D eigenvalue weighted by atomic mass is 32.2. The molecule has 1 heterocycles. The molecular weight excluding hydrogens is 350 g/mol. The molecule has 1 aromatic heterocycles. The number of nitrogens with zero attached hydrogens (tertiary/aromatic N) is 5. The SMILES string of the molecule is Cc1cccc(OCCN(C)C(=O)CSc2nnnn2C2CCCC2)c1. The quantitative estimate of drug-likeness (QED) is 0.661. The largest absolute Gasteiger partial charge is 0.492 e. The first kappa shape index (κ1) is 18.7. The molecule has 0 saturated heterocycles. The maximum absolute atomic E-state index is 12.3. The van der Waals surface area contributed by atoms with Crippen LogP contribution in [0.2, 0.25) is 0 Å². The molecule has 1 fully saturated rings. The molecule has 1 aliphatic rings. The number of likely N-dealkylation sites (N-methyl/N-ethyl adjacent to an activating group) is 1. The van der Waals surface area contributed by atoms with Gasteiger partial charge >= 0.3 is 0 Å². The molecule has 0 atom stereocenters. The number of aryl methyl sites for hydroxylation is 1. The van der Waals surface area contributed by atoms with Gasteiger partial charge in [0.05, 0.1) is 18.3 Å². The van der Waals surface area contributed by atoms with E-state index in [1.54, 1.807) is 11.9 Å². The highest BCUT2D eigenvalue weighted by molar-refractivity contribution is 7.99. The van der Waals surface area contributed by atoms with Gasteiger partial charge in [0.15, 0.2) is 0 Å². The van der Waals surface area contributed by atoms with Crippen molar-refractivity contribution in [2.45, 2.75) is 43.8 Å². The molecule has 1 aromatic carbocycles. The van der Waals surface area contributed by atoms with Gasteiger partial charge in [-0.25, -0.2) is 4.68 Å². The molecule has 7 nitrogen and oxygen atoms in total. The molecule has 0 aliphatic heterocycles. The van der Waals surface area contributed by atoms with E-state index in [2.05, 4.69) is 15.5 Å².